The van der Waals surface area contributed by atoms with Crippen LogP contribution in [0.3, 0.4) is 0 Å². The number of amides is 2. The Balaban J connectivity index is 1.87. The third kappa shape index (κ3) is 5.24. The summed E-state index contributed by atoms with van der Waals surface area (Å²) in [6, 6.07) is 3.60. The highest BCUT2D eigenvalue weighted by Crippen LogP contribution is 2.29. The largest absolute Gasteiger partial charge is 0.391 e. The number of aliphatic hydroxyl groups is 1. The van der Waals surface area contributed by atoms with Gasteiger partial charge >= 0.3 is 0 Å². The number of anilines is 1. The van der Waals surface area contributed by atoms with Crippen LogP contribution < -0.4 is 15.4 Å². The lowest BCUT2D eigenvalue weighted by Crippen LogP contribution is -2.54. The third-order valence-corrected chi connectivity index (χ3v) is 7.12. The standard InChI is InChI=1S/C20H30N4O6S/c1-2-15-17(24-9-10-30-13-19(24)26)6-3-7-18(15)31(28,29)22-16(11-21)20(27)23-8-4-5-14(25)12-23/h3,6-7,14,16,22,25H,2,4-5,8-13,21H2,1H3/t14-,16+/m1/s1. The van der Waals surface area contributed by atoms with Crippen LogP contribution in [0.2, 0.25) is 0 Å². The maximum atomic E-state index is 13.2. The number of piperidine rings is 1. The lowest BCUT2D eigenvalue weighted by Gasteiger charge is -2.33. The number of ether oxygens (including phenoxy) is 1. The quantitative estimate of drug-likeness (QED) is 0.490. The monoisotopic (exact) mass is 454 g/mol. The minimum absolute atomic E-state index is 0.0109. The molecule has 2 fully saturated rings. The number of rotatable bonds is 7. The Morgan fingerprint density at radius 1 is 1.39 bits per heavy atom. The van der Waals surface area contributed by atoms with Gasteiger partial charge in [0.2, 0.25) is 15.9 Å². The van der Waals surface area contributed by atoms with Crippen molar-refractivity contribution in [1.82, 2.24) is 9.62 Å². The summed E-state index contributed by atoms with van der Waals surface area (Å²) in [6.45, 7) is 2.86. The zero-order valence-electron chi connectivity index (χ0n) is 17.6. The number of β-amino-alcohol motifs (C(OH)–C–C–N with tert-alkyl or cyclic N) is 1. The van der Waals surface area contributed by atoms with Crippen molar-refractivity contribution < 1.29 is 27.9 Å². The topological polar surface area (TPSA) is 142 Å². The van der Waals surface area contributed by atoms with Crippen LogP contribution in [0.4, 0.5) is 5.69 Å². The van der Waals surface area contributed by atoms with Gasteiger partial charge in [-0.25, -0.2) is 8.42 Å². The number of carbonyl (C=O) groups is 2. The fourth-order valence-corrected chi connectivity index (χ4v) is 5.54. The number of hydrogen-bond acceptors (Lipinski definition) is 7. The highest BCUT2D eigenvalue weighted by atomic mass is 32.2. The zero-order valence-corrected chi connectivity index (χ0v) is 18.4. The summed E-state index contributed by atoms with van der Waals surface area (Å²) in [6.07, 6.45) is 1.00. The molecule has 1 aromatic rings. The molecule has 0 spiro atoms. The van der Waals surface area contributed by atoms with Gasteiger partial charge in [-0.2, -0.15) is 4.72 Å². The molecule has 31 heavy (non-hydrogen) atoms. The van der Waals surface area contributed by atoms with Crippen LogP contribution in [0.1, 0.15) is 25.3 Å². The minimum atomic E-state index is -4.10. The Kier molecular flexibility index (Phi) is 7.65. The highest BCUT2D eigenvalue weighted by Gasteiger charge is 2.33. The van der Waals surface area contributed by atoms with Crippen LogP contribution in [0.15, 0.2) is 23.1 Å². The van der Waals surface area contributed by atoms with Crippen molar-refractivity contribution in [3.8, 4) is 0 Å². The Morgan fingerprint density at radius 3 is 2.81 bits per heavy atom. The molecule has 0 unspecified atom stereocenters. The Morgan fingerprint density at radius 2 is 2.16 bits per heavy atom. The second kappa shape index (κ2) is 10.0. The van der Waals surface area contributed by atoms with Crippen LogP contribution in [-0.4, -0.2) is 81.8 Å². The third-order valence-electron chi connectivity index (χ3n) is 5.57. The number of aliphatic hydroxyl groups excluding tert-OH is 1. The average Bonchev–Trinajstić information content (AvgIpc) is 2.76. The highest BCUT2D eigenvalue weighted by molar-refractivity contribution is 7.89. The molecular weight excluding hydrogens is 424 g/mol. The van der Waals surface area contributed by atoms with Gasteiger partial charge in [0.15, 0.2) is 0 Å². The molecule has 0 saturated carbocycles. The van der Waals surface area contributed by atoms with Gasteiger partial charge in [-0.1, -0.05) is 13.0 Å². The van der Waals surface area contributed by atoms with E-state index in [0.717, 1.165) is 0 Å². The molecule has 2 aliphatic rings. The molecule has 0 aromatic heterocycles. The summed E-state index contributed by atoms with van der Waals surface area (Å²) in [7, 11) is -4.10. The van der Waals surface area contributed by atoms with Gasteiger partial charge < -0.3 is 25.4 Å². The summed E-state index contributed by atoms with van der Waals surface area (Å²) >= 11 is 0. The van der Waals surface area contributed by atoms with Gasteiger partial charge in [0, 0.05) is 31.9 Å². The Labute approximate surface area is 182 Å². The van der Waals surface area contributed by atoms with Crippen molar-refractivity contribution in [3.05, 3.63) is 23.8 Å². The number of likely N-dealkylation sites (tertiary alicyclic amines) is 1. The first-order valence-electron chi connectivity index (χ1n) is 10.5. The van der Waals surface area contributed by atoms with E-state index in [1.54, 1.807) is 12.1 Å². The van der Waals surface area contributed by atoms with E-state index in [9.17, 15) is 23.1 Å². The van der Waals surface area contributed by atoms with Gasteiger partial charge in [-0.15, -0.1) is 0 Å². The van der Waals surface area contributed by atoms with E-state index in [2.05, 4.69) is 4.72 Å². The van der Waals surface area contributed by atoms with Crippen LogP contribution in [0, 0.1) is 0 Å². The molecule has 0 bridgehead atoms. The van der Waals surface area contributed by atoms with Crippen molar-refractivity contribution in [3.63, 3.8) is 0 Å². The predicted octanol–water partition coefficient (Wildman–Crippen LogP) is -0.799. The molecule has 0 radical (unpaired) electrons. The summed E-state index contributed by atoms with van der Waals surface area (Å²) < 4.78 is 34.1. The lowest BCUT2D eigenvalue weighted by molar-refractivity contribution is -0.135. The van der Waals surface area contributed by atoms with Crippen molar-refractivity contribution in [1.29, 1.82) is 0 Å². The number of carbonyl (C=O) groups excluding carboxylic acids is 2. The molecule has 172 valence electrons. The molecule has 0 aliphatic carbocycles. The number of hydrogen-bond donors (Lipinski definition) is 3. The average molecular weight is 455 g/mol. The van der Waals surface area contributed by atoms with Crippen molar-refractivity contribution >= 4 is 27.5 Å². The van der Waals surface area contributed by atoms with Gasteiger partial charge in [-0.3, -0.25) is 9.59 Å². The van der Waals surface area contributed by atoms with Gasteiger partial charge in [0.05, 0.1) is 17.6 Å². The summed E-state index contributed by atoms with van der Waals surface area (Å²) in [5.74, 6) is -0.690. The van der Waals surface area contributed by atoms with Crippen LogP contribution in [0.5, 0.6) is 0 Å². The van der Waals surface area contributed by atoms with Crippen molar-refractivity contribution in [2.75, 3.05) is 44.3 Å². The van der Waals surface area contributed by atoms with Crippen molar-refractivity contribution in [2.24, 2.45) is 5.73 Å². The van der Waals surface area contributed by atoms with Crippen LogP contribution in [0.25, 0.3) is 0 Å². The van der Waals surface area contributed by atoms with E-state index in [1.807, 2.05) is 6.92 Å². The molecule has 2 amide bonds. The van der Waals surface area contributed by atoms with Crippen LogP contribution in [-0.2, 0) is 30.8 Å². The molecule has 4 N–H and O–H groups in total. The minimum Gasteiger partial charge on any atom is -0.391 e. The molecule has 2 saturated heterocycles. The molecule has 2 atom stereocenters. The normalized spacial score (nSPS) is 21.3. The first-order chi connectivity index (χ1) is 14.8. The first-order valence-corrected chi connectivity index (χ1v) is 12.0. The SMILES string of the molecule is CCc1c(N2CCOCC2=O)cccc1S(=O)(=O)N[C@@H](CN)C(=O)N1CCC[C@@H](O)C1. The fraction of sp³-hybridized carbons (Fsp3) is 0.600. The maximum Gasteiger partial charge on any atom is 0.253 e. The molecular formula is C20H30N4O6S. The summed E-state index contributed by atoms with van der Waals surface area (Å²) in [4.78, 5) is 28.1. The number of nitrogens with zero attached hydrogens (tertiary/aromatic N) is 2. The van der Waals surface area contributed by atoms with E-state index in [1.165, 1.54) is 15.9 Å². The molecule has 2 aliphatic heterocycles. The number of nitrogens with two attached hydrogens (primary N) is 1. The van der Waals surface area contributed by atoms with Gasteiger partial charge in [0.1, 0.15) is 12.6 Å². The second-order valence-electron chi connectivity index (χ2n) is 7.70. The number of morpholine rings is 1. The smallest absolute Gasteiger partial charge is 0.253 e. The maximum absolute atomic E-state index is 13.2. The fourth-order valence-electron chi connectivity index (χ4n) is 4.01. The van der Waals surface area contributed by atoms with Crippen molar-refractivity contribution in [2.45, 2.75) is 43.2 Å². The van der Waals surface area contributed by atoms with E-state index in [0.29, 0.717) is 50.2 Å². The predicted molar refractivity (Wildman–Crippen MR) is 114 cm³/mol. The van der Waals surface area contributed by atoms with Gasteiger partial charge in [0.25, 0.3) is 5.91 Å². The first kappa shape index (κ1) is 23.6. The van der Waals surface area contributed by atoms with Gasteiger partial charge in [-0.05, 0) is 37.0 Å². The van der Waals surface area contributed by atoms with Crippen LogP contribution >= 0.6 is 0 Å². The van der Waals surface area contributed by atoms with E-state index < -0.39 is 28.1 Å². The Bertz CT molecular complexity index is 922. The summed E-state index contributed by atoms with van der Waals surface area (Å²) in [5, 5.41) is 9.83. The second-order valence-corrected chi connectivity index (χ2v) is 9.38. The molecule has 1 aromatic carbocycles. The Hall–Kier alpha value is -2.05. The molecule has 10 nitrogen and oxygen atoms in total. The van der Waals surface area contributed by atoms with E-state index in [4.69, 9.17) is 10.5 Å². The molecule has 2 heterocycles. The number of benzene rings is 1. The zero-order chi connectivity index (χ0) is 22.6. The number of nitrogens with one attached hydrogen (secondary N) is 1. The lowest BCUT2D eigenvalue weighted by atomic mass is 10.1. The van der Waals surface area contributed by atoms with E-state index >= 15 is 0 Å². The van der Waals surface area contributed by atoms with E-state index in [-0.39, 0.29) is 30.5 Å². The summed E-state index contributed by atoms with van der Waals surface area (Å²) in [5.41, 5.74) is 6.74. The molecule has 3 rings (SSSR count). The molecule has 11 heteroatoms. The number of sulfonamides is 1.